The molecule has 0 saturated carbocycles. The van der Waals surface area contributed by atoms with Gasteiger partial charge >= 0.3 is 47.3 Å². The molecule has 0 atom stereocenters. The summed E-state index contributed by atoms with van der Waals surface area (Å²) in [6.07, 6.45) is 13.9. The molecule has 0 aromatic heterocycles. The fraction of sp³-hybridized carbons (Fsp3) is 0.424. The number of hydrogen-bond acceptors (Lipinski definition) is 15. The van der Waals surface area contributed by atoms with E-state index >= 15 is 0 Å². The molecule has 11 amide bonds. The maximum absolute atomic E-state index is 12.0. The highest BCUT2D eigenvalue weighted by molar-refractivity contribution is 14.1. The number of carbonyl (C=O) groups is 11. The van der Waals surface area contributed by atoms with Crippen LogP contribution in [-0.4, -0.2) is 225 Å². The van der Waals surface area contributed by atoms with Crippen molar-refractivity contribution in [1.82, 2.24) is 39.6 Å². The lowest BCUT2D eigenvalue weighted by Gasteiger charge is -2.26. The topological polar surface area (TPSA) is 307 Å². The maximum atomic E-state index is 12.0. The highest BCUT2D eigenvalue weighted by Crippen LogP contribution is 2.33. The minimum atomic E-state index is -0.678. The average molecular weight is 2090 g/mol. The van der Waals surface area contributed by atoms with Crippen molar-refractivity contribution < 1.29 is 52.7 Å². The van der Waals surface area contributed by atoms with E-state index in [1.165, 1.54) is 30.6 Å². The van der Waals surface area contributed by atoms with E-state index < -0.39 is 47.3 Å². The zero-order chi connectivity index (χ0) is 94.7. The van der Waals surface area contributed by atoms with Crippen molar-refractivity contribution in [1.29, 1.82) is 0 Å². The number of piperazine rings is 1. The Hall–Kier alpha value is -7.82. The van der Waals surface area contributed by atoms with Crippen LogP contribution in [0, 0.1) is 52.0 Å². The molecule has 0 radical (unpaired) electrons. The predicted octanol–water partition coefficient (Wildman–Crippen LogP) is 18.9. The zero-order valence-electron chi connectivity index (χ0n) is 73.8. The van der Waals surface area contributed by atoms with Crippen LogP contribution in [-0.2, 0) is 52.7 Å². The van der Waals surface area contributed by atoms with Gasteiger partial charge in [0, 0.05) is 159 Å². The number of hydrogen-bond donors (Lipinski definition) is 8. The van der Waals surface area contributed by atoms with Crippen molar-refractivity contribution in [2.24, 2.45) is 0 Å². The number of rotatable bonds is 13. The first kappa shape index (κ1) is 108. The monoisotopic (exact) mass is 2080 g/mol. The second-order valence-corrected chi connectivity index (χ2v) is 37.2. The fourth-order valence-corrected chi connectivity index (χ4v) is 16.4. The first-order chi connectivity index (χ1) is 61.2. The maximum Gasteiger partial charge on any atom is 0.313 e. The van der Waals surface area contributed by atoms with Crippen LogP contribution in [0.5, 0.6) is 0 Å². The van der Waals surface area contributed by atoms with E-state index in [1.807, 2.05) is 85.1 Å². The number of carbonyl (C=O) groups excluding carboxylic acids is 11. The van der Waals surface area contributed by atoms with Crippen molar-refractivity contribution in [3.63, 3.8) is 0 Å². The number of amides is 11. The van der Waals surface area contributed by atoms with E-state index in [4.69, 9.17) is 116 Å². The number of benzene rings is 7. The molecule has 698 valence electrons. The molecule has 13 rings (SSSR count). The quantitative estimate of drug-likeness (QED) is 0.0393. The largest absolute Gasteiger partial charge is 0.334 e. The standard InChI is InChI=1S/C14H16Cl2N2O2.C14H17ClN2O2.C14H17IN2O2.C13H15Cl2N3O2.C13H16Cl2N2O.C13H17ClN2O.C11H14Cl2N2O/c1-9-11(15)7-10(8-12(9)16)17-13(19)14(20)18-5-3-2-4-6-18;2*1-10-5-6-11(9-12(10)15)16-13(18)14(19)17-7-3-2-4-8-17;1-8-10(14)6-9(7-11(8)15)17-12(19)13(20)18-4-2-16-3-5-18;1-9-11(14)6-10(7-12(9)15)16-13(18)8-17-4-2-3-5-17;1-10-4-5-11(8-12(10)14)15-13(17)9-16-6-2-3-7-16;1-7-9(12)4-8(5-10(7)13)14-11(16)6-15(2)3/h7-8H,2-6H2,1H3,(H,17,19);2*5-6,9H,2-4,7-8H2,1H3,(H,16,18);6-7,16H,2-5H2,1H3,(H,17,19);6-7H,2-5,8H2,1H3,(H,16,18);4-5,8H,2-3,6-7,9H2,1H3,(H,15,17);4-5H,6H2,1-3H3,(H,14,16). The van der Waals surface area contributed by atoms with E-state index in [0.717, 1.165) is 132 Å². The molecule has 0 spiro atoms. The Labute approximate surface area is 819 Å². The lowest BCUT2D eigenvalue weighted by Crippen LogP contribution is -2.49. The van der Waals surface area contributed by atoms with Crippen LogP contribution >= 0.6 is 139 Å². The second-order valence-electron chi connectivity index (χ2n) is 31.9. The average Bonchev–Trinajstić information content (AvgIpc) is 0.874. The van der Waals surface area contributed by atoms with Crippen LogP contribution < -0.4 is 42.5 Å². The van der Waals surface area contributed by atoms with Crippen LogP contribution in [0.1, 0.15) is 122 Å². The summed E-state index contributed by atoms with van der Waals surface area (Å²) in [6.45, 7) is 24.8. The SMILES string of the molecule is Cc1c(Cl)cc(NC(=O)C(=O)N2CCCCC2)cc1Cl.Cc1c(Cl)cc(NC(=O)C(=O)N2CCNCC2)cc1Cl.Cc1c(Cl)cc(NC(=O)CN(C)C)cc1Cl.Cc1c(Cl)cc(NC(=O)CN2CCCC2)cc1Cl.Cc1ccc(NC(=O)C(=O)N2CCCCC2)cc1Cl.Cc1ccc(NC(=O)C(=O)N2CCCCC2)cc1I.Cc1ccc(NC(=O)CN2CCCC2)cc1Cl. The zero-order valence-corrected chi connectivity index (χ0v) is 83.5. The molecule has 37 heteroatoms. The first-order valence-corrected chi connectivity index (χ1v) is 47.3. The number of halogens is 11. The number of likely N-dealkylation sites (N-methyl/N-ethyl adjacent to an activating group) is 1. The summed E-state index contributed by atoms with van der Waals surface area (Å²) in [5, 5.41) is 27.2. The van der Waals surface area contributed by atoms with Crippen molar-refractivity contribution in [2.45, 2.75) is 132 Å². The molecule has 6 saturated heterocycles. The van der Waals surface area contributed by atoms with Crippen molar-refractivity contribution in [3.05, 3.63) is 196 Å². The predicted molar refractivity (Wildman–Crippen MR) is 532 cm³/mol. The number of piperidine rings is 3. The molecule has 6 aliphatic rings. The van der Waals surface area contributed by atoms with Gasteiger partial charge in [-0.1, -0.05) is 134 Å². The Morgan fingerprint density at radius 1 is 0.295 bits per heavy atom. The van der Waals surface area contributed by atoms with E-state index in [9.17, 15) is 52.7 Å². The Kier molecular flexibility index (Phi) is 46.1. The molecule has 8 N–H and O–H groups in total. The summed E-state index contributed by atoms with van der Waals surface area (Å²) in [5.74, 6) is -4.47. The third kappa shape index (κ3) is 36.9. The molecule has 0 aliphatic carbocycles. The van der Waals surface area contributed by atoms with Crippen LogP contribution in [0.15, 0.2) is 103 Å². The smallest absolute Gasteiger partial charge is 0.313 e. The molecule has 26 nitrogen and oxygen atoms in total. The molecule has 129 heavy (non-hydrogen) atoms. The van der Waals surface area contributed by atoms with Gasteiger partial charge in [-0.3, -0.25) is 62.5 Å². The van der Waals surface area contributed by atoms with E-state index in [-0.39, 0.29) is 17.7 Å². The second kappa shape index (κ2) is 55.0. The third-order valence-corrected chi connectivity index (χ3v) is 26.3. The van der Waals surface area contributed by atoms with Crippen molar-refractivity contribution in [2.75, 3.05) is 163 Å². The van der Waals surface area contributed by atoms with Crippen LogP contribution in [0.2, 0.25) is 50.2 Å². The molecule has 6 heterocycles. The Balaban J connectivity index is 0.000000206. The normalized spacial score (nSPS) is 14.8. The highest BCUT2D eigenvalue weighted by Gasteiger charge is 2.29. The van der Waals surface area contributed by atoms with E-state index in [1.54, 1.807) is 100 Å². The highest BCUT2D eigenvalue weighted by atomic mass is 127. The first-order valence-electron chi connectivity index (χ1n) is 42.5. The number of likely N-dealkylation sites (tertiary alicyclic amines) is 5. The van der Waals surface area contributed by atoms with Gasteiger partial charge in [0.05, 0.1) is 19.6 Å². The van der Waals surface area contributed by atoms with Gasteiger partial charge in [0.15, 0.2) is 0 Å². The van der Waals surface area contributed by atoms with Gasteiger partial charge in [0.1, 0.15) is 0 Å². The van der Waals surface area contributed by atoms with E-state index in [2.05, 4.69) is 74.9 Å². The third-order valence-electron chi connectivity index (χ3n) is 21.2. The summed E-state index contributed by atoms with van der Waals surface area (Å²) in [7, 11) is 3.66. The minimum Gasteiger partial charge on any atom is -0.334 e. The van der Waals surface area contributed by atoms with Crippen molar-refractivity contribution >= 4 is 243 Å². The summed E-state index contributed by atoms with van der Waals surface area (Å²) in [4.78, 5) is 143. The fourth-order valence-electron chi connectivity index (χ4n) is 13.5. The van der Waals surface area contributed by atoms with Gasteiger partial charge in [-0.15, -0.1) is 0 Å². The van der Waals surface area contributed by atoms with Crippen LogP contribution in [0.25, 0.3) is 0 Å². The number of nitrogens with one attached hydrogen (secondary N) is 8. The van der Waals surface area contributed by atoms with Crippen LogP contribution in [0.3, 0.4) is 0 Å². The molecule has 6 fully saturated rings. The molecule has 7 aromatic carbocycles. The lowest BCUT2D eigenvalue weighted by molar-refractivity contribution is -0.143. The minimum absolute atomic E-state index is 0.0205. The van der Waals surface area contributed by atoms with Crippen LogP contribution in [0.4, 0.5) is 39.8 Å². The molecular weight excluding hydrogens is 1970 g/mol. The summed E-state index contributed by atoms with van der Waals surface area (Å²) >= 11 is 62.2. The van der Waals surface area contributed by atoms with Gasteiger partial charge in [0.2, 0.25) is 17.7 Å². The number of nitrogens with zero attached hydrogens (tertiary/aromatic N) is 7. The summed E-state index contributed by atoms with van der Waals surface area (Å²) < 4.78 is 1.07. The molecule has 0 bridgehead atoms. The van der Waals surface area contributed by atoms with Gasteiger partial charge in [-0.25, -0.2) is 0 Å². The summed E-state index contributed by atoms with van der Waals surface area (Å²) in [5.41, 5.74) is 10.3. The molecule has 6 aliphatic heterocycles. The van der Waals surface area contributed by atoms with Crippen molar-refractivity contribution in [3.8, 4) is 0 Å². The number of anilines is 7. The Morgan fingerprint density at radius 2 is 0.527 bits per heavy atom. The molecule has 0 unspecified atom stereocenters. The Bertz CT molecular complexity index is 4810. The lowest BCUT2D eigenvalue weighted by atomic mass is 10.1. The van der Waals surface area contributed by atoms with Gasteiger partial charge in [-0.2, -0.15) is 0 Å². The Morgan fingerprint density at radius 3 is 0.814 bits per heavy atom. The van der Waals surface area contributed by atoms with Gasteiger partial charge < -0.3 is 67.0 Å². The van der Waals surface area contributed by atoms with Gasteiger partial charge in [-0.05, 0) is 319 Å². The molecular formula is C92H112Cl10IN15O11. The molecule has 7 aromatic rings. The van der Waals surface area contributed by atoms with Gasteiger partial charge in [0.25, 0.3) is 0 Å². The number of aryl methyl sites for hydroxylation is 3. The summed E-state index contributed by atoms with van der Waals surface area (Å²) in [6, 6.07) is 29.6. The van der Waals surface area contributed by atoms with E-state index in [0.29, 0.717) is 169 Å².